The predicted octanol–water partition coefficient (Wildman–Crippen LogP) is 4.50. The highest BCUT2D eigenvalue weighted by Crippen LogP contribution is 1.96. The molecule has 0 saturated heterocycles. The van der Waals surface area contributed by atoms with Gasteiger partial charge in [-0.25, -0.2) is 0 Å². The Morgan fingerprint density at radius 2 is 1.23 bits per heavy atom. The molecule has 0 saturated carbocycles. The smallest absolute Gasteiger partial charge is 0.00326 e. The van der Waals surface area contributed by atoms with Gasteiger partial charge in [-0.1, -0.05) is 46.8 Å². The van der Waals surface area contributed by atoms with Crippen molar-refractivity contribution in [2.24, 2.45) is 5.73 Å². The van der Waals surface area contributed by atoms with Gasteiger partial charge in [0.15, 0.2) is 0 Å². The third kappa shape index (κ3) is 34.8. The number of rotatable bonds is 1. The Labute approximate surface area is 85.7 Å². The minimum absolute atomic E-state index is 0. The van der Waals surface area contributed by atoms with Crippen LogP contribution in [-0.4, -0.2) is 0 Å². The van der Waals surface area contributed by atoms with E-state index in [1.807, 2.05) is 54.5 Å². The molecule has 0 aliphatic heterocycles. The molecule has 0 heterocycles. The minimum Gasteiger partial charge on any atom is -0.404 e. The molecule has 0 rings (SSSR count). The lowest BCUT2D eigenvalue weighted by atomic mass is 10.2. The predicted molar refractivity (Wildman–Crippen MR) is 66.8 cm³/mol. The average Bonchev–Trinajstić information content (AvgIpc) is 2.10. The lowest BCUT2D eigenvalue weighted by molar-refractivity contribution is 1.33. The van der Waals surface area contributed by atoms with E-state index in [1.54, 1.807) is 6.20 Å². The molecule has 0 atom stereocenters. The Bertz CT molecular complexity index is 117. The first-order chi connectivity index (χ1) is 5.66. The number of hydrogen-bond acceptors (Lipinski definition) is 1. The van der Waals surface area contributed by atoms with Gasteiger partial charge in [-0.3, -0.25) is 0 Å². The van der Waals surface area contributed by atoms with Gasteiger partial charge in [-0.2, -0.15) is 0 Å². The molecule has 0 spiro atoms. The number of nitrogens with two attached hydrogens (primary N) is 1. The van der Waals surface area contributed by atoms with Crippen LogP contribution in [0.2, 0.25) is 0 Å². The Balaban J connectivity index is -0.0000000712. The molecule has 0 aliphatic rings. The van der Waals surface area contributed by atoms with Crippen molar-refractivity contribution in [2.75, 3.05) is 0 Å². The van der Waals surface area contributed by atoms with Crippen LogP contribution in [0.4, 0.5) is 0 Å². The average molecular weight is 187 g/mol. The zero-order valence-electron chi connectivity index (χ0n) is 9.73. The summed E-state index contributed by atoms with van der Waals surface area (Å²) in [5.41, 5.74) is 7.61. The monoisotopic (exact) mass is 187 g/mol. The van der Waals surface area contributed by atoms with Crippen molar-refractivity contribution in [1.29, 1.82) is 0 Å². The summed E-state index contributed by atoms with van der Waals surface area (Å²) in [6.45, 7) is 14.1. The maximum absolute atomic E-state index is 5.21. The van der Waals surface area contributed by atoms with Crippen molar-refractivity contribution >= 4 is 0 Å². The zero-order valence-corrected chi connectivity index (χ0v) is 9.73. The fraction of sp³-hybridized carbons (Fsp3) is 0.667. The van der Waals surface area contributed by atoms with Crippen LogP contribution in [0.5, 0.6) is 0 Å². The van der Waals surface area contributed by atoms with Crippen LogP contribution in [0.3, 0.4) is 0 Å². The van der Waals surface area contributed by atoms with Crippen LogP contribution in [0.25, 0.3) is 0 Å². The highest BCUT2D eigenvalue weighted by molar-refractivity contribution is 5.17. The summed E-state index contributed by atoms with van der Waals surface area (Å²) < 4.78 is 0. The molecule has 0 aromatic rings. The quantitative estimate of drug-likeness (QED) is 0.601. The molecule has 2 N–H and O–H groups in total. The summed E-state index contributed by atoms with van der Waals surface area (Å²) in [5, 5.41) is 0. The molecule has 82 valence electrons. The molecular weight excluding hydrogens is 158 g/mol. The third-order valence-corrected chi connectivity index (χ3v) is 0.779. The maximum atomic E-state index is 5.21. The van der Waals surface area contributed by atoms with Crippen molar-refractivity contribution in [3.05, 3.63) is 23.4 Å². The first-order valence-electron chi connectivity index (χ1n) is 4.70. The second-order valence-corrected chi connectivity index (χ2v) is 2.13. The van der Waals surface area contributed by atoms with Crippen molar-refractivity contribution < 1.29 is 0 Å². The number of hydrogen-bond donors (Lipinski definition) is 1. The molecule has 0 unspecified atom stereocenters. The van der Waals surface area contributed by atoms with E-state index in [-0.39, 0.29) is 7.43 Å². The van der Waals surface area contributed by atoms with Gasteiger partial charge in [0.2, 0.25) is 0 Å². The maximum Gasteiger partial charge on any atom is -0.00326 e. The summed E-state index contributed by atoms with van der Waals surface area (Å²) in [6.07, 6.45) is 3.65. The molecule has 0 aliphatic carbocycles. The van der Waals surface area contributed by atoms with Crippen LogP contribution in [-0.2, 0) is 0 Å². The van der Waals surface area contributed by atoms with Gasteiger partial charge in [0.1, 0.15) is 0 Å². The molecular formula is C12H29N. The molecule has 0 amide bonds. The van der Waals surface area contributed by atoms with Gasteiger partial charge in [0, 0.05) is 0 Å². The highest BCUT2D eigenvalue weighted by atomic mass is 14.5. The SMILES string of the molecule is C.CC.CC.CC(C)=C/C(C)=C\N. The molecule has 0 aromatic carbocycles. The molecule has 0 fully saturated rings. The third-order valence-electron chi connectivity index (χ3n) is 0.779. The molecule has 0 radical (unpaired) electrons. The fourth-order valence-electron chi connectivity index (χ4n) is 0.503. The molecule has 0 bridgehead atoms. The van der Waals surface area contributed by atoms with E-state index in [2.05, 4.69) is 0 Å². The molecule has 0 aromatic heterocycles. The van der Waals surface area contributed by atoms with E-state index >= 15 is 0 Å². The van der Waals surface area contributed by atoms with Crippen molar-refractivity contribution in [3.8, 4) is 0 Å². The van der Waals surface area contributed by atoms with Crippen molar-refractivity contribution in [3.63, 3.8) is 0 Å². The van der Waals surface area contributed by atoms with Crippen LogP contribution >= 0.6 is 0 Å². The first-order valence-corrected chi connectivity index (χ1v) is 4.70. The second-order valence-electron chi connectivity index (χ2n) is 2.13. The van der Waals surface area contributed by atoms with E-state index in [1.165, 1.54) is 5.57 Å². The van der Waals surface area contributed by atoms with E-state index < -0.39 is 0 Å². The standard InChI is InChI=1S/C7H13N.2C2H6.CH4/c1-6(2)4-7(3)5-8;2*1-2;/h4-5H,8H2,1-3H3;2*1-2H3;1H4/b7-5-;;;. The highest BCUT2D eigenvalue weighted by Gasteiger charge is 1.77. The van der Waals surface area contributed by atoms with Gasteiger partial charge in [0.25, 0.3) is 0 Å². The van der Waals surface area contributed by atoms with Gasteiger partial charge in [0.05, 0.1) is 0 Å². The minimum atomic E-state index is 0. The zero-order chi connectivity index (χ0) is 10.6. The van der Waals surface area contributed by atoms with E-state index in [0.717, 1.165) is 5.57 Å². The Hall–Kier alpha value is -0.720. The Morgan fingerprint density at radius 3 is 1.31 bits per heavy atom. The summed E-state index contributed by atoms with van der Waals surface area (Å²) in [6, 6.07) is 0. The van der Waals surface area contributed by atoms with Gasteiger partial charge in [-0.15, -0.1) is 0 Å². The van der Waals surface area contributed by atoms with Crippen LogP contribution < -0.4 is 5.73 Å². The Kier molecular flexibility index (Phi) is 39.4. The van der Waals surface area contributed by atoms with Crippen LogP contribution in [0.15, 0.2) is 23.4 Å². The summed E-state index contributed by atoms with van der Waals surface area (Å²) in [4.78, 5) is 0. The summed E-state index contributed by atoms with van der Waals surface area (Å²) in [7, 11) is 0. The Morgan fingerprint density at radius 1 is 0.923 bits per heavy atom. The molecule has 1 heteroatoms. The second kappa shape index (κ2) is 22.5. The normalized spacial score (nSPS) is 7.77. The summed E-state index contributed by atoms with van der Waals surface area (Å²) in [5.74, 6) is 0. The number of allylic oxidation sites excluding steroid dienone is 3. The van der Waals surface area contributed by atoms with Crippen molar-refractivity contribution in [1.82, 2.24) is 0 Å². The summed E-state index contributed by atoms with van der Waals surface area (Å²) >= 11 is 0. The largest absolute Gasteiger partial charge is 0.404 e. The lowest BCUT2D eigenvalue weighted by Gasteiger charge is -1.88. The topological polar surface area (TPSA) is 26.0 Å². The van der Waals surface area contributed by atoms with Crippen LogP contribution in [0.1, 0.15) is 55.9 Å². The van der Waals surface area contributed by atoms with Gasteiger partial charge in [-0.05, 0) is 32.5 Å². The van der Waals surface area contributed by atoms with E-state index in [4.69, 9.17) is 5.73 Å². The first kappa shape index (κ1) is 22.8. The molecule has 1 nitrogen and oxygen atoms in total. The van der Waals surface area contributed by atoms with Gasteiger partial charge >= 0.3 is 0 Å². The molecule has 13 heavy (non-hydrogen) atoms. The van der Waals surface area contributed by atoms with Crippen LogP contribution in [0, 0.1) is 0 Å². The lowest BCUT2D eigenvalue weighted by Crippen LogP contribution is -1.80. The van der Waals surface area contributed by atoms with Gasteiger partial charge < -0.3 is 5.73 Å². The fourth-order valence-corrected chi connectivity index (χ4v) is 0.503. The van der Waals surface area contributed by atoms with E-state index in [9.17, 15) is 0 Å². The van der Waals surface area contributed by atoms with Crippen molar-refractivity contribution in [2.45, 2.75) is 55.9 Å². The van der Waals surface area contributed by atoms with E-state index in [0.29, 0.717) is 0 Å².